The Labute approximate surface area is 331 Å². The average molecular weight is 734 g/mol. The van der Waals surface area contributed by atoms with Crippen molar-refractivity contribution in [2.24, 2.45) is 0 Å². The molecule has 0 aliphatic heterocycles. The Balaban J connectivity index is 1.16. The van der Waals surface area contributed by atoms with Crippen LogP contribution in [-0.4, -0.2) is 0 Å². The van der Waals surface area contributed by atoms with Gasteiger partial charge in [0.25, 0.3) is 0 Å². The van der Waals surface area contributed by atoms with Crippen molar-refractivity contribution in [2.75, 3.05) is 4.90 Å². The summed E-state index contributed by atoms with van der Waals surface area (Å²) < 4.78 is 13.7. The van der Waals surface area contributed by atoms with E-state index in [4.69, 9.17) is 8.83 Å². The van der Waals surface area contributed by atoms with Crippen molar-refractivity contribution >= 4 is 60.9 Å². The fraction of sp³-hybridized carbons (Fsp3) is 0.111. The van der Waals surface area contributed by atoms with E-state index in [0.29, 0.717) is 0 Å². The third-order valence-electron chi connectivity index (χ3n) is 13.1. The molecule has 0 bridgehead atoms. The van der Waals surface area contributed by atoms with Gasteiger partial charge in [-0.3, -0.25) is 0 Å². The lowest BCUT2D eigenvalue weighted by Crippen LogP contribution is -2.18. The Morgan fingerprint density at radius 1 is 0.404 bits per heavy atom. The summed E-state index contributed by atoms with van der Waals surface area (Å²) in [5.74, 6) is 0. The van der Waals surface area contributed by atoms with E-state index in [-0.39, 0.29) is 10.8 Å². The van der Waals surface area contributed by atoms with Crippen LogP contribution in [0.4, 0.5) is 17.1 Å². The van der Waals surface area contributed by atoms with Crippen LogP contribution in [0.1, 0.15) is 49.9 Å². The highest BCUT2D eigenvalue weighted by Gasteiger charge is 2.38. The second-order valence-electron chi connectivity index (χ2n) is 16.9. The molecular weight excluding hydrogens is 695 g/mol. The third kappa shape index (κ3) is 4.37. The second-order valence-corrected chi connectivity index (χ2v) is 16.9. The smallest absolute Gasteiger partial charge is 0.144 e. The standard InChI is InChI=1S/C54H39NO2/c1-53(2)41-20-11-8-17-35(41)37-27-25-33(29-43(37)53)55(34-26-28-38-36-18-9-12-21-42(36)54(3,4)44(38)30-34)45-22-14-24-47-50(45)40-31-48-51(39-19-10-13-23-46(39)56-48)49(52(40)57-47)32-15-6-5-7-16-32/h5-31H,1-4H3. The van der Waals surface area contributed by atoms with E-state index in [0.717, 1.165) is 72.1 Å². The zero-order chi connectivity index (χ0) is 38.2. The first-order valence-corrected chi connectivity index (χ1v) is 19.9. The molecule has 57 heavy (non-hydrogen) atoms. The number of hydrogen-bond acceptors (Lipinski definition) is 3. The van der Waals surface area contributed by atoms with Crippen LogP contribution in [0.25, 0.3) is 77.3 Å². The van der Waals surface area contributed by atoms with Crippen molar-refractivity contribution in [1.82, 2.24) is 0 Å². The number of para-hydroxylation sites is 1. The maximum absolute atomic E-state index is 7.06. The van der Waals surface area contributed by atoms with Crippen LogP contribution < -0.4 is 4.90 Å². The van der Waals surface area contributed by atoms with Gasteiger partial charge in [0.15, 0.2) is 0 Å². The van der Waals surface area contributed by atoms with Crippen LogP contribution in [0, 0.1) is 0 Å². The van der Waals surface area contributed by atoms with E-state index >= 15 is 0 Å². The van der Waals surface area contributed by atoms with Gasteiger partial charge < -0.3 is 13.7 Å². The third-order valence-corrected chi connectivity index (χ3v) is 13.1. The van der Waals surface area contributed by atoms with E-state index in [9.17, 15) is 0 Å². The molecule has 10 aromatic rings. The number of fused-ring (bicyclic) bond motifs is 12. The van der Waals surface area contributed by atoms with E-state index in [1.54, 1.807) is 0 Å². The van der Waals surface area contributed by atoms with Crippen molar-refractivity contribution in [2.45, 2.75) is 38.5 Å². The van der Waals surface area contributed by atoms with Gasteiger partial charge in [-0.15, -0.1) is 0 Å². The monoisotopic (exact) mass is 733 g/mol. The van der Waals surface area contributed by atoms with E-state index < -0.39 is 0 Å². The summed E-state index contributed by atoms with van der Waals surface area (Å²) in [6.07, 6.45) is 0. The van der Waals surface area contributed by atoms with Gasteiger partial charge in [-0.05, 0) is 98.6 Å². The van der Waals surface area contributed by atoms with Gasteiger partial charge in [0.1, 0.15) is 22.3 Å². The minimum atomic E-state index is -0.152. The SMILES string of the molecule is CC1(C)c2ccccc2-c2ccc(N(c3ccc4c(c3)C(C)(C)c3ccccc3-4)c3cccc4oc5c(-c6ccccc6)c6c(cc5c34)oc3ccccc36)cc21. The fourth-order valence-corrected chi connectivity index (χ4v) is 10.3. The number of nitrogens with zero attached hydrogens (tertiary/aromatic N) is 1. The minimum Gasteiger partial charge on any atom is -0.456 e. The Kier molecular flexibility index (Phi) is 6.46. The Morgan fingerprint density at radius 3 is 1.63 bits per heavy atom. The summed E-state index contributed by atoms with van der Waals surface area (Å²) in [5.41, 5.74) is 19.2. The molecule has 3 heteroatoms. The molecule has 8 aromatic carbocycles. The first-order chi connectivity index (χ1) is 27.8. The van der Waals surface area contributed by atoms with Gasteiger partial charge in [0.2, 0.25) is 0 Å². The minimum absolute atomic E-state index is 0.152. The summed E-state index contributed by atoms with van der Waals surface area (Å²) in [7, 11) is 0. The molecule has 3 nitrogen and oxygen atoms in total. The molecule has 0 saturated heterocycles. The Morgan fingerprint density at radius 2 is 0.965 bits per heavy atom. The van der Waals surface area contributed by atoms with Gasteiger partial charge in [0, 0.05) is 43.9 Å². The molecule has 12 rings (SSSR count). The first-order valence-electron chi connectivity index (χ1n) is 19.9. The second kappa shape index (κ2) is 11.4. The molecular formula is C54H39NO2. The van der Waals surface area contributed by atoms with Crippen LogP contribution in [0.3, 0.4) is 0 Å². The summed E-state index contributed by atoms with van der Waals surface area (Å²) in [6.45, 7) is 9.42. The molecule has 0 amide bonds. The van der Waals surface area contributed by atoms with Crippen LogP contribution in [0.15, 0.2) is 173 Å². The predicted molar refractivity (Wildman–Crippen MR) is 236 cm³/mol. The zero-order valence-electron chi connectivity index (χ0n) is 32.4. The molecule has 272 valence electrons. The molecule has 0 radical (unpaired) electrons. The number of hydrogen-bond donors (Lipinski definition) is 0. The Bertz CT molecular complexity index is 3200. The largest absolute Gasteiger partial charge is 0.456 e. The molecule has 0 fully saturated rings. The molecule has 0 atom stereocenters. The maximum Gasteiger partial charge on any atom is 0.144 e. The summed E-state index contributed by atoms with van der Waals surface area (Å²) in [5, 5.41) is 4.23. The number of rotatable bonds is 4. The van der Waals surface area contributed by atoms with Crippen molar-refractivity contribution in [1.29, 1.82) is 0 Å². The van der Waals surface area contributed by atoms with E-state index in [1.165, 1.54) is 44.5 Å². The molecule has 2 aromatic heterocycles. The molecule has 0 spiro atoms. The normalized spacial score (nSPS) is 14.6. The zero-order valence-corrected chi connectivity index (χ0v) is 32.4. The number of furan rings is 2. The van der Waals surface area contributed by atoms with Crippen molar-refractivity contribution < 1.29 is 8.83 Å². The fourth-order valence-electron chi connectivity index (χ4n) is 10.3. The summed E-state index contributed by atoms with van der Waals surface area (Å²) >= 11 is 0. The van der Waals surface area contributed by atoms with Gasteiger partial charge in [-0.1, -0.05) is 143 Å². The topological polar surface area (TPSA) is 29.5 Å². The number of benzene rings is 8. The van der Waals surface area contributed by atoms with Crippen LogP contribution in [0.2, 0.25) is 0 Å². The van der Waals surface area contributed by atoms with E-state index in [2.05, 4.69) is 190 Å². The van der Waals surface area contributed by atoms with Gasteiger partial charge in [-0.2, -0.15) is 0 Å². The Hall–Kier alpha value is -6.84. The van der Waals surface area contributed by atoms with Crippen LogP contribution in [0.5, 0.6) is 0 Å². The van der Waals surface area contributed by atoms with E-state index in [1.807, 2.05) is 6.07 Å². The highest BCUT2D eigenvalue weighted by atomic mass is 16.3. The van der Waals surface area contributed by atoms with Crippen LogP contribution >= 0.6 is 0 Å². The molecule has 0 N–H and O–H groups in total. The van der Waals surface area contributed by atoms with Crippen LogP contribution in [-0.2, 0) is 10.8 Å². The van der Waals surface area contributed by atoms with Crippen molar-refractivity contribution in [3.63, 3.8) is 0 Å². The molecule has 2 aliphatic rings. The summed E-state index contributed by atoms with van der Waals surface area (Å²) in [4.78, 5) is 2.46. The molecule has 0 unspecified atom stereocenters. The highest BCUT2D eigenvalue weighted by molar-refractivity contribution is 6.25. The molecule has 0 saturated carbocycles. The molecule has 2 aliphatic carbocycles. The highest BCUT2D eigenvalue weighted by Crippen LogP contribution is 2.55. The number of anilines is 3. The lowest BCUT2D eigenvalue weighted by Gasteiger charge is -2.30. The quantitative estimate of drug-likeness (QED) is 0.180. The van der Waals surface area contributed by atoms with Crippen molar-refractivity contribution in [3.05, 3.63) is 186 Å². The maximum atomic E-state index is 7.06. The van der Waals surface area contributed by atoms with Gasteiger partial charge in [0.05, 0.1) is 11.1 Å². The lowest BCUT2D eigenvalue weighted by atomic mass is 9.82. The average Bonchev–Trinajstić information content (AvgIpc) is 3.93. The predicted octanol–water partition coefficient (Wildman–Crippen LogP) is 15.2. The summed E-state index contributed by atoms with van der Waals surface area (Å²) in [6, 6.07) is 59.5. The first kappa shape index (κ1) is 32.4. The van der Waals surface area contributed by atoms with Gasteiger partial charge >= 0.3 is 0 Å². The molecule has 2 heterocycles. The van der Waals surface area contributed by atoms with Gasteiger partial charge in [-0.25, -0.2) is 0 Å². The van der Waals surface area contributed by atoms with Crippen molar-refractivity contribution in [3.8, 4) is 33.4 Å². The lowest BCUT2D eigenvalue weighted by molar-refractivity contribution is 0.660.